The van der Waals surface area contributed by atoms with Crippen LogP contribution in [0.4, 0.5) is 5.69 Å². The molecule has 0 aromatic heterocycles. The van der Waals surface area contributed by atoms with E-state index in [0.29, 0.717) is 24.6 Å². The standard InChI is InChI=1S/C22H28N2O2/c1-3-22-11-7-12-23-13-10-16-15-8-5-6-9-17(15)24(19(16)20(22)23)18(14-22)21(25)26-4-2/h5-6,8-9,14,16,19-20H,3-4,7,10-13H2,1-2H3/t16?,19-,20?,22-/m0/s1. The van der Waals surface area contributed by atoms with Crippen molar-refractivity contribution in [1.82, 2.24) is 4.90 Å². The highest BCUT2D eigenvalue weighted by atomic mass is 16.5. The van der Waals surface area contributed by atoms with Gasteiger partial charge in [0.1, 0.15) is 5.70 Å². The second-order valence-electron chi connectivity index (χ2n) is 8.24. The van der Waals surface area contributed by atoms with Crippen LogP contribution in [0, 0.1) is 5.41 Å². The molecule has 1 aromatic rings. The number of anilines is 1. The molecule has 4 nitrogen and oxygen atoms in total. The highest BCUT2D eigenvalue weighted by molar-refractivity contribution is 5.95. The van der Waals surface area contributed by atoms with Crippen molar-refractivity contribution in [2.24, 2.45) is 5.41 Å². The van der Waals surface area contributed by atoms with Crippen LogP contribution in [-0.4, -0.2) is 42.6 Å². The van der Waals surface area contributed by atoms with E-state index in [1.165, 1.54) is 43.6 Å². The Morgan fingerprint density at radius 3 is 2.92 bits per heavy atom. The van der Waals surface area contributed by atoms with Crippen molar-refractivity contribution in [1.29, 1.82) is 0 Å². The smallest absolute Gasteiger partial charge is 0.354 e. The van der Waals surface area contributed by atoms with Crippen LogP contribution in [0.15, 0.2) is 36.0 Å². The van der Waals surface area contributed by atoms with E-state index in [0.717, 1.165) is 12.1 Å². The number of benzene rings is 1. The molecule has 0 bridgehead atoms. The van der Waals surface area contributed by atoms with Gasteiger partial charge in [-0.1, -0.05) is 25.1 Å². The van der Waals surface area contributed by atoms with Crippen molar-refractivity contribution in [3.63, 3.8) is 0 Å². The number of nitrogens with zero attached hydrogens (tertiary/aromatic N) is 2. The first kappa shape index (κ1) is 16.4. The van der Waals surface area contributed by atoms with Crippen LogP contribution >= 0.6 is 0 Å². The fraction of sp³-hybridized carbons (Fsp3) is 0.591. The summed E-state index contributed by atoms with van der Waals surface area (Å²) in [6.45, 7) is 6.99. The summed E-state index contributed by atoms with van der Waals surface area (Å²) < 4.78 is 5.49. The molecule has 0 N–H and O–H groups in total. The van der Waals surface area contributed by atoms with Gasteiger partial charge in [-0.3, -0.25) is 4.90 Å². The number of hydrogen-bond donors (Lipinski definition) is 0. The molecule has 4 atom stereocenters. The summed E-state index contributed by atoms with van der Waals surface area (Å²) in [7, 11) is 0. The SMILES string of the molecule is CCOC(=O)C1=C[C@]2(CC)CCCN3CCC4c5ccccc5N1[C@@H]4C32. The summed E-state index contributed by atoms with van der Waals surface area (Å²) >= 11 is 0. The molecule has 1 aromatic carbocycles. The normalized spacial score (nSPS) is 34.8. The molecule has 138 valence electrons. The van der Waals surface area contributed by atoms with Crippen molar-refractivity contribution in [3.8, 4) is 0 Å². The van der Waals surface area contributed by atoms with Gasteiger partial charge in [0.15, 0.2) is 0 Å². The fourth-order valence-electron chi connectivity index (χ4n) is 6.25. The number of esters is 1. The molecule has 2 fully saturated rings. The molecule has 4 aliphatic heterocycles. The minimum Gasteiger partial charge on any atom is -0.461 e. The van der Waals surface area contributed by atoms with Crippen molar-refractivity contribution in [2.45, 2.75) is 57.5 Å². The molecule has 0 amide bonds. The Kier molecular flexibility index (Phi) is 3.68. The lowest BCUT2D eigenvalue weighted by atomic mass is 9.62. The quantitative estimate of drug-likeness (QED) is 0.777. The lowest BCUT2D eigenvalue weighted by molar-refractivity contribution is -0.139. The third-order valence-electron chi connectivity index (χ3n) is 7.25. The fourth-order valence-corrected chi connectivity index (χ4v) is 6.25. The van der Waals surface area contributed by atoms with Gasteiger partial charge in [-0.2, -0.15) is 0 Å². The molecule has 26 heavy (non-hydrogen) atoms. The average molecular weight is 352 g/mol. The molecule has 4 heteroatoms. The third-order valence-corrected chi connectivity index (χ3v) is 7.25. The summed E-state index contributed by atoms with van der Waals surface area (Å²) in [6, 6.07) is 9.57. The summed E-state index contributed by atoms with van der Waals surface area (Å²) in [5.41, 5.74) is 3.53. The predicted octanol–water partition coefficient (Wildman–Crippen LogP) is 3.68. The van der Waals surface area contributed by atoms with E-state index >= 15 is 0 Å². The van der Waals surface area contributed by atoms with Crippen LogP contribution in [0.2, 0.25) is 0 Å². The first-order chi connectivity index (χ1) is 12.7. The molecular weight excluding hydrogens is 324 g/mol. The molecule has 4 heterocycles. The Balaban J connectivity index is 1.72. The van der Waals surface area contributed by atoms with Crippen LogP contribution in [0.1, 0.15) is 51.0 Å². The average Bonchev–Trinajstić information content (AvgIpc) is 3.02. The molecular formula is C22H28N2O2. The zero-order valence-electron chi connectivity index (χ0n) is 15.8. The van der Waals surface area contributed by atoms with Crippen molar-refractivity contribution < 1.29 is 9.53 Å². The van der Waals surface area contributed by atoms with Crippen molar-refractivity contribution in [3.05, 3.63) is 41.6 Å². The number of ether oxygens (including phenoxy) is 1. The Morgan fingerprint density at radius 2 is 2.12 bits per heavy atom. The highest BCUT2D eigenvalue weighted by Crippen LogP contribution is 2.58. The van der Waals surface area contributed by atoms with E-state index in [1.807, 2.05) is 6.92 Å². The number of rotatable bonds is 3. The number of piperidine rings is 2. The van der Waals surface area contributed by atoms with E-state index in [2.05, 4.69) is 47.1 Å². The second-order valence-corrected chi connectivity index (χ2v) is 8.24. The van der Waals surface area contributed by atoms with Gasteiger partial charge in [0.2, 0.25) is 0 Å². The van der Waals surface area contributed by atoms with Crippen LogP contribution < -0.4 is 4.90 Å². The second kappa shape index (κ2) is 5.85. The number of carbonyl (C=O) groups excluding carboxylic acids is 1. The van der Waals surface area contributed by atoms with E-state index in [4.69, 9.17) is 4.74 Å². The van der Waals surface area contributed by atoms with Gasteiger partial charge in [0.05, 0.1) is 12.6 Å². The zero-order chi connectivity index (χ0) is 17.9. The minimum absolute atomic E-state index is 0.0994. The van der Waals surface area contributed by atoms with Crippen LogP contribution in [0.5, 0.6) is 0 Å². The van der Waals surface area contributed by atoms with Gasteiger partial charge in [0, 0.05) is 23.1 Å². The zero-order valence-corrected chi connectivity index (χ0v) is 15.8. The maximum absolute atomic E-state index is 12.9. The lowest BCUT2D eigenvalue weighted by Gasteiger charge is -2.59. The Morgan fingerprint density at radius 1 is 1.27 bits per heavy atom. The van der Waals surface area contributed by atoms with Crippen LogP contribution in [0.25, 0.3) is 0 Å². The molecule has 5 rings (SSSR count). The molecule has 2 unspecified atom stereocenters. The number of fused-ring (bicyclic) bond motifs is 3. The third kappa shape index (κ3) is 2.02. The maximum atomic E-state index is 12.9. The predicted molar refractivity (Wildman–Crippen MR) is 102 cm³/mol. The van der Waals surface area contributed by atoms with Crippen LogP contribution in [0.3, 0.4) is 0 Å². The maximum Gasteiger partial charge on any atom is 0.354 e. The van der Waals surface area contributed by atoms with Gasteiger partial charge < -0.3 is 9.64 Å². The molecule has 0 aliphatic carbocycles. The molecule has 2 saturated heterocycles. The Labute approximate surface area is 155 Å². The number of para-hydroxylation sites is 1. The molecule has 4 aliphatic rings. The van der Waals surface area contributed by atoms with Crippen molar-refractivity contribution >= 4 is 11.7 Å². The number of carbonyl (C=O) groups is 1. The van der Waals surface area contributed by atoms with E-state index in [9.17, 15) is 4.79 Å². The van der Waals surface area contributed by atoms with E-state index in [1.54, 1.807) is 0 Å². The molecule has 0 radical (unpaired) electrons. The summed E-state index contributed by atoms with van der Waals surface area (Å²) in [5.74, 6) is 0.367. The first-order valence-corrected chi connectivity index (χ1v) is 10.2. The largest absolute Gasteiger partial charge is 0.461 e. The monoisotopic (exact) mass is 352 g/mol. The number of hydrogen-bond acceptors (Lipinski definition) is 4. The van der Waals surface area contributed by atoms with Gasteiger partial charge in [-0.05, 0) is 63.4 Å². The Bertz CT molecular complexity index is 773. The topological polar surface area (TPSA) is 32.8 Å². The first-order valence-electron chi connectivity index (χ1n) is 10.2. The molecule has 0 spiro atoms. The molecule has 0 saturated carbocycles. The van der Waals surface area contributed by atoms with Crippen molar-refractivity contribution in [2.75, 3.05) is 24.6 Å². The van der Waals surface area contributed by atoms with Gasteiger partial charge in [-0.15, -0.1) is 0 Å². The van der Waals surface area contributed by atoms with E-state index < -0.39 is 0 Å². The Hall–Kier alpha value is -1.81. The van der Waals surface area contributed by atoms with Gasteiger partial charge in [0.25, 0.3) is 0 Å². The van der Waals surface area contributed by atoms with Gasteiger partial charge >= 0.3 is 5.97 Å². The highest BCUT2D eigenvalue weighted by Gasteiger charge is 2.59. The minimum atomic E-state index is -0.156. The lowest BCUT2D eigenvalue weighted by Crippen LogP contribution is -2.67. The van der Waals surface area contributed by atoms with E-state index in [-0.39, 0.29) is 11.4 Å². The van der Waals surface area contributed by atoms with Crippen LogP contribution in [-0.2, 0) is 9.53 Å². The van der Waals surface area contributed by atoms with Gasteiger partial charge in [-0.25, -0.2) is 4.79 Å². The summed E-state index contributed by atoms with van der Waals surface area (Å²) in [6.07, 6.45) is 6.97. The summed E-state index contributed by atoms with van der Waals surface area (Å²) in [5, 5.41) is 0. The summed E-state index contributed by atoms with van der Waals surface area (Å²) in [4.78, 5) is 18.0.